The monoisotopic (exact) mass is 1160 g/mol. The molecular formula is C71H114O12. The van der Waals surface area contributed by atoms with Crippen molar-refractivity contribution in [3.63, 3.8) is 0 Å². The van der Waals surface area contributed by atoms with Crippen LogP contribution in [-0.2, 0) is 42.9 Å². The average molecular weight is 1160 g/mol. The second-order valence-electron chi connectivity index (χ2n) is 21.7. The molecule has 470 valence electrons. The Hall–Kier alpha value is -4.88. The summed E-state index contributed by atoms with van der Waals surface area (Å²) in [5, 5.41) is 31.6. The molecule has 0 aliphatic carbocycles. The van der Waals surface area contributed by atoms with Gasteiger partial charge in [-0.25, -0.2) is 4.79 Å². The number of aliphatic carboxylic acids is 1. The first-order valence-corrected chi connectivity index (χ1v) is 32.5. The molecule has 1 saturated heterocycles. The molecular weight excluding hydrogens is 1040 g/mol. The van der Waals surface area contributed by atoms with Gasteiger partial charge in [0.25, 0.3) is 0 Å². The Morgan fingerprint density at radius 3 is 1.24 bits per heavy atom. The number of hydrogen-bond donors (Lipinski definition) is 3. The van der Waals surface area contributed by atoms with Gasteiger partial charge in [-0.3, -0.25) is 14.4 Å². The third-order valence-electron chi connectivity index (χ3n) is 14.0. The minimum Gasteiger partial charge on any atom is -0.479 e. The van der Waals surface area contributed by atoms with E-state index in [1.165, 1.54) is 64.2 Å². The van der Waals surface area contributed by atoms with E-state index in [1.807, 2.05) is 18.2 Å². The average Bonchev–Trinajstić information content (AvgIpc) is 3.60. The molecule has 6 unspecified atom stereocenters. The molecule has 0 spiro atoms. The second-order valence-corrected chi connectivity index (χ2v) is 21.7. The van der Waals surface area contributed by atoms with Crippen molar-refractivity contribution in [1.29, 1.82) is 0 Å². The van der Waals surface area contributed by atoms with Crippen LogP contribution in [0.1, 0.15) is 252 Å². The van der Waals surface area contributed by atoms with Crippen LogP contribution >= 0.6 is 0 Å². The zero-order chi connectivity index (χ0) is 60.3. The van der Waals surface area contributed by atoms with E-state index in [0.29, 0.717) is 25.7 Å². The lowest BCUT2D eigenvalue weighted by atomic mass is 9.98. The molecule has 83 heavy (non-hydrogen) atoms. The molecule has 0 aromatic heterocycles. The topological polar surface area (TPSA) is 175 Å². The number of aliphatic hydroxyl groups is 2. The molecule has 6 atom stereocenters. The third kappa shape index (κ3) is 47.1. The predicted molar refractivity (Wildman–Crippen MR) is 340 cm³/mol. The highest BCUT2D eigenvalue weighted by molar-refractivity contribution is 5.74. The molecule has 1 fully saturated rings. The first-order chi connectivity index (χ1) is 40.6. The zero-order valence-electron chi connectivity index (χ0n) is 51.9. The fraction of sp³-hybridized carbons (Fsp3) is 0.662. The highest BCUT2D eigenvalue weighted by Gasteiger charge is 2.50. The van der Waals surface area contributed by atoms with Crippen molar-refractivity contribution < 1.29 is 58.2 Å². The summed E-state index contributed by atoms with van der Waals surface area (Å²) in [6.45, 7) is 5.81. The number of carbonyl (C=O) groups excluding carboxylic acids is 3. The van der Waals surface area contributed by atoms with Crippen LogP contribution < -0.4 is 0 Å². The molecule has 1 heterocycles. The van der Waals surface area contributed by atoms with Crippen LogP contribution in [0.25, 0.3) is 0 Å². The van der Waals surface area contributed by atoms with Gasteiger partial charge >= 0.3 is 23.9 Å². The Bertz CT molecular complexity index is 1900. The number of carbonyl (C=O) groups is 4. The van der Waals surface area contributed by atoms with E-state index in [1.54, 1.807) is 0 Å². The summed E-state index contributed by atoms with van der Waals surface area (Å²) in [6.07, 6.45) is 67.3. The lowest BCUT2D eigenvalue weighted by Gasteiger charge is -2.40. The van der Waals surface area contributed by atoms with Gasteiger partial charge in [0.05, 0.1) is 6.61 Å². The predicted octanol–water partition coefficient (Wildman–Crippen LogP) is 17.6. The van der Waals surface area contributed by atoms with Gasteiger partial charge in [0.1, 0.15) is 18.8 Å². The van der Waals surface area contributed by atoms with Crippen molar-refractivity contribution in [1.82, 2.24) is 0 Å². The number of unbranched alkanes of at least 4 members (excludes halogenated alkanes) is 20. The van der Waals surface area contributed by atoms with Crippen LogP contribution in [0.3, 0.4) is 0 Å². The molecule has 0 saturated carbocycles. The summed E-state index contributed by atoms with van der Waals surface area (Å²) in [5.74, 6) is -3.26. The molecule has 0 bridgehead atoms. The Morgan fingerprint density at radius 2 is 0.783 bits per heavy atom. The first kappa shape index (κ1) is 76.1. The number of ether oxygens (including phenoxy) is 5. The van der Waals surface area contributed by atoms with Gasteiger partial charge in [-0.1, -0.05) is 232 Å². The summed E-state index contributed by atoms with van der Waals surface area (Å²) in [6, 6.07) is 0. The Morgan fingerprint density at radius 1 is 0.410 bits per heavy atom. The fourth-order valence-corrected chi connectivity index (χ4v) is 9.04. The van der Waals surface area contributed by atoms with Crippen LogP contribution in [0.4, 0.5) is 0 Å². The smallest absolute Gasteiger partial charge is 0.335 e. The van der Waals surface area contributed by atoms with E-state index in [4.69, 9.17) is 23.7 Å². The summed E-state index contributed by atoms with van der Waals surface area (Å²) < 4.78 is 28.4. The quantitative estimate of drug-likeness (QED) is 0.0228. The Balaban J connectivity index is 2.72. The minimum atomic E-state index is -1.94. The number of aliphatic hydroxyl groups excluding tert-OH is 2. The largest absolute Gasteiger partial charge is 0.479 e. The maximum absolute atomic E-state index is 13.2. The SMILES string of the molecule is CC/C=C\C/C=C\C/C=C\C/C=C\C/C=C\C/C=C\CCC(=O)OC1C(OCC(COC(=O)CCCCCCCC/C=C\C/C=C\C/C=C\CCCCC)OC(=O)CCCCCCC/C=C\CCCCCCCC)OC(C(=O)O)C(O)C1O. The van der Waals surface area contributed by atoms with Crippen molar-refractivity contribution in [2.75, 3.05) is 13.2 Å². The van der Waals surface area contributed by atoms with Gasteiger partial charge < -0.3 is 39.0 Å². The molecule has 0 amide bonds. The minimum absolute atomic E-state index is 0.0725. The number of esters is 3. The van der Waals surface area contributed by atoms with E-state index >= 15 is 0 Å². The van der Waals surface area contributed by atoms with Crippen molar-refractivity contribution in [3.05, 3.63) is 122 Å². The van der Waals surface area contributed by atoms with Crippen molar-refractivity contribution >= 4 is 23.9 Å². The fourth-order valence-electron chi connectivity index (χ4n) is 9.04. The van der Waals surface area contributed by atoms with Gasteiger partial charge in [0, 0.05) is 19.3 Å². The standard InChI is InChI=1S/C71H114O12/c1-4-7-10-13-16-19-22-25-28-30-32-34-37-39-42-45-48-51-54-57-63(72)79-60-62(81-64(73)58-55-52-49-46-43-40-36-27-24-21-18-15-12-9-6-3)61-80-71-69(67(76)66(75)68(83-71)70(77)78)82-65(74)59-56-53-50-47-44-41-38-35-33-31-29-26-23-20-17-14-11-8-5-2/h8,11,16-17,19-20,25-29,32-36,41,44,50,53,62,66-69,71,75-76H,4-7,9-10,12-15,18,21-24,30-31,37-40,42-43,45-49,51-52,54-61H2,1-3H3,(H,77,78)/b11-8-,19-16-,20-17-,28-25-,29-26-,34-32-,35-33-,36-27-,44-41-,53-50-. The van der Waals surface area contributed by atoms with Crippen LogP contribution in [0.15, 0.2) is 122 Å². The Labute approximate surface area is 503 Å². The number of rotatable bonds is 54. The third-order valence-corrected chi connectivity index (χ3v) is 14.0. The lowest BCUT2D eigenvalue weighted by Crippen LogP contribution is -2.61. The molecule has 12 heteroatoms. The van der Waals surface area contributed by atoms with Crippen LogP contribution in [0.5, 0.6) is 0 Å². The number of carboxylic acid groups (broad SMARTS) is 1. The number of allylic oxidation sites excluding steroid dienone is 20. The second kappa shape index (κ2) is 57.5. The summed E-state index contributed by atoms with van der Waals surface area (Å²) in [7, 11) is 0. The molecule has 0 aromatic rings. The van der Waals surface area contributed by atoms with E-state index < -0.39 is 67.3 Å². The van der Waals surface area contributed by atoms with Gasteiger partial charge in [-0.05, 0) is 122 Å². The maximum atomic E-state index is 13.2. The van der Waals surface area contributed by atoms with Crippen molar-refractivity contribution in [2.24, 2.45) is 0 Å². The molecule has 1 aliphatic rings. The van der Waals surface area contributed by atoms with Crippen molar-refractivity contribution in [2.45, 2.75) is 289 Å². The maximum Gasteiger partial charge on any atom is 0.335 e. The molecule has 0 radical (unpaired) electrons. The molecule has 3 N–H and O–H groups in total. The first-order valence-electron chi connectivity index (χ1n) is 32.5. The van der Waals surface area contributed by atoms with E-state index in [9.17, 15) is 34.5 Å². The van der Waals surface area contributed by atoms with Crippen LogP contribution in [0.2, 0.25) is 0 Å². The van der Waals surface area contributed by atoms with E-state index in [-0.39, 0.29) is 25.9 Å². The van der Waals surface area contributed by atoms with Crippen LogP contribution in [-0.4, -0.2) is 89.2 Å². The summed E-state index contributed by atoms with van der Waals surface area (Å²) in [5.41, 5.74) is 0. The van der Waals surface area contributed by atoms with E-state index in [0.717, 1.165) is 122 Å². The number of hydrogen-bond acceptors (Lipinski definition) is 11. The number of carboxylic acids is 1. The van der Waals surface area contributed by atoms with E-state index in [2.05, 4.69) is 124 Å². The van der Waals surface area contributed by atoms with Gasteiger partial charge in [-0.15, -0.1) is 0 Å². The molecule has 0 aromatic carbocycles. The normalized spacial score (nSPS) is 18.4. The lowest BCUT2D eigenvalue weighted by molar-refractivity contribution is -0.301. The highest BCUT2D eigenvalue weighted by Crippen LogP contribution is 2.26. The molecule has 1 aliphatic heterocycles. The molecule has 12 nitrogen and oxygen atoms in total. The van der Waals surface area contributed by atoms with Gasteiger partial charge in [0.15, 0.2) is 24.6 Å². The Kier molecular flexibility index (Phi) is 52.8. The summed E-state index contributed by atoms with van der Waals surface area (Å²) >= 11 is 0. The van der Waals surface area contributed by atoms with Gasteiger partial charge in [-0.2, -0.15) is 0 Å². The zero-order valence-corrected chi connectivity index (χ0v) is 51.9. The van der Waals surface area contributed by atoms with Crippen LogP contribution in [0, 0.1) is 0 Å². The summed E-state index contributed by atoms with van der Waals surface area (Å²) in [4.78, 5) is 51.3. The molecule has 1 rings (SSSR count). The van der Waals surface area contributed by atoms with Crippen molar-refractivity contribution in [3.8, 4) is 0 Å². The highest BCUT2D eigenvalue weighted by atomic mass is 16.7. The van der Waals surface area contributed by atoms with Gasteiger partial charge in [0.2, 0.25) is 0 Å².